The van der Waals surface area contributed by atoms with Gasteiger partial charge in [0.1, 0.15) is 11.5 Å². The van der Waals surface area contributed by atoms with Gasteiger partial charge in [-0.3, -0.25) is 0 Å². The molecule has 1 aromatic carbocycles. The molecule has 2 unspecified atom stereocenters. The molecule has 74 valence electrons. The van der Waals surface area contributed by atoms with Crippen molar-refractivity contribution in [1.82, 2.24) is 0 Å². The van der Waals surface area contributed by atoms with E-state index in [1.807, 2.05) is 6.07 Å². The summed E-state index contributed by atoms with van der Waals surface area (Å²) in [5.74, 6) is 2.93. The summed E-state index contributed by atoms with van der Waals surface area (Å²) < 4.78 is 5.92. The highest BCUT2D eigenvalue weighted by Gasteiger charge is 2.64. The lowest BCUT2D eigenvalue weighted by Crippen LogP contribution is -2.12. The molecule has 1 nitrogen and oxygen atoms in total. The lowest BCUT2D eigenvalue weighted by Gasteiger charge is -2.14. The Hall–Kier alpha value is -1.50. The maximum absolute atomic E-state index is 5.92. The number of hydrogen-bond acceptors (Lipinski definition) is 1. The lowest BCUT2D eigenvalue weighted by molar-refractivity contribution is 0.415. The molecule has 2 aliphatic carbocycles. The van der Waals surface area contributed by atoms with Crippen LogP contribution < -0.4 is 4.74 Å². The Bertz CT molecular complexity index is 524. The first kappa shape index (κ1) is 7.75. The third-order valence-electron chi connectivity index (χ3n) is 4.04. The van der Waals surface area contributed by atoms with E-state index in [1.54, 1.807) is 0 Å². The highest BCUT2D eigenvalue weighted by molar-refractivity contribution is 5.61. The predicted octanol–water partition coefficient (Wildman–Crippen LogP) is 3.18. The quantitative estimate of drug-likeness (QED) is 0.619. The minimum atomic E-state index is 0.232. The fourth-order valence-electron chi connectivity index (χ4n) is 3.16. The first-order valence-electron chi connectivity index (χ1n) is 5.49. The highest BCUT2D eigenvalue weighted by atomic mass is 16.5. The van der Waals surface area contributed by atoms with Gasteiger partial charge in [-0.05, 0) is 31.4 Å². The van der Waals surface area contributed by atoms with Crippen molar-refractivity contribution in [3.8, 4) is 5.75 Å². The van der Waals surface area contributed by atoms with E-state index < -0.39 is 0 Å². The molecule has 0 radical (unpaired) electrons. The lowest BCUT2D eigenvalue weighted by atomic mass is 9.87. The molecule has 1 heteroatoms. The molecule has 0 amide bonds. The molecule has 2 atom stereocenters. The molecule has 3 aliphatic rings. The third kappa shape index (κ3) is 0.728. The maximum atomic E-state index is 5.92. The number of rotatable bonds is 0. The van der Waals surface area contributed by atoms with Crippen molar-refractivity contribution in [2.24, 2.45) is 5.92 Å². The molecule has 0 aromatic heterocycles. The van der Waals surface area contributed by atoms with Crippen LogP contribution in [0.1, 0.15) is 18.9 Å². The standard InChI is InChI=1S/C14H12O/c1-9-6-7-13-14(8-11(9)14)10-4-2-3-5-12(10)15-13/h2-7,11H,8H2,1H3. The third-order valence-corrected chi connectivity index (χ3v) is 4.04. The van der Waals surface area contributed by atoms with E-state index in [0.717, 1.165) is 5.75 Å². The van der Waals surface area contributed by atoms with Gasteiger partial charge >= 0.3 is 0 Å². The average Bonchev–Trinajstić information content (AvgIpc) is 2.92. The van der Waals surface area contributed by atoms with Crippen molar-refractivity contribution in [3.05, 3.63) is 53.3 Å². The van der Waals surface area contributed by atoms with Crippen molar-refractivity contribution in [2.75, 3.05) is 0 Å². The molecule has 1 aliphatic heterocycles. The first-order chi connectivity index (χ1) is 7.32. The number of allylic oxidation sites excluding steroid dienone is 4. The molecule has 1 fully saturated rings. The van der Waals surface area contributed by atoms with Crippen LogP contribution in [0.5, 0.6) is 5.75 Å². The molecule has 0 saturated heterocycles. The van der Waals surface area contributed by atoms with E-state index in [9.17, 15) is 0 Å². The van der Waals surface area contributed by atoms with Gasteiger partial charge in [-0.25, -0.2) is 0 Å². The van der Waals surface area contributed by atoms with Crippen molar-refractivity contribution >= 4 is 0 Å². The second kappa shape index (κ2) is 2.19. The molecule has 0 bridgehead atoms. The molecule has 1 saturated carbocycles. The largest absolute Gasteiger partial charge is 0.460 e. The molecule has 15 heavy (non-hydrogen) atoms. The highest BCUT2D eigenvalue weighted by Crippen LogP contribution is 2.68. The van der Waals surface area contributed by atoms with Crippen LogP contribution in [-0.4, -0.2) is 0 Å². The Morgan fingerprint density at radius 3 is 3.07 bits per heavy atom. The number of fused-ring (bicyclic) bond motifs is 1. The van der Waals surface area contributed by atoms with Gasteiger partial charge in [0.2, 0.25) is 0 Å². The minimum Gasteiger partial charge on any atom is -0.460 e. The summed E-state index contributed by atoms with van der Waals surface area (Å²) in [5.41, 5.74) is 3.13. The SMILES string of the molecule is CC1=CC=C2Oc3ccccc3C23CC13. The Labute approximate surface area is 89.1 Å². The van der Waals surface area contributed by atoms with E-state index in [2.05, 4.69) is 37.3 Å². The van der Waals surface area contributed by atoms with Gasteiger partial charge in [-0.2, -0.15) is 0 Å². The summed E-state index contributed by atoms with van der Waals surface area (Å²) in [5, 5.41) is 0. The first-order valence-corrected chi connectivity index (χ1v) is 5.49. The molecule has 1 spiro atoms. The zero-order chi connectivity index (χ0) is 10.0. The Morgan fingerprint density at radius 1 is 1.27 bits per heavy atom. The zero-order valence-electron chi connectivity index (χ0n) is 8.66. The number of para-hydroxylation sites is 1. The summed E-state index contributed by atoms with van der Waals surface area (Å²) in [6, 6.07) is 8.46. The molecule has 1 heterocycles. The summed E-state index contributed by atoms with van der Waals surface area (Å²) in [4.78, 5) is 0. The zero-order valence-corrected chi connectivity index (χ0v) is 8.66. The van der Waals surface area contributed by atoms with Gasteiger partial charge in [0.05, 0.1) is 5.41 Å². The molecule has 4 rings (SSSR count). The van der Waals surface area contributed by atoms with E-state index in [1.165, 1.54) is 23.3 Å². The smallest absolute Gasteiger partial charge is 0.131 e. The van der Waals surface area contributed by atoms with Crippen LogP contribution in [-0.2, 0) is 5.41 Å². The molecule has 0 N–H and O–H groups in total. The van der Waals surface area contributed by atoms with Gasteiger partial charge in [-0.15, -0.1) is 0 Å². The Kier molecular flexibility index (Phi) is 1.13. The average molecular weight is 196 g/mol. The minimum absolute atomic E-state index is 0.232. The van der Waals surface area contributed by atoms with Gasteiger partial charge in [0, 0.05) is 5.56 Å². The van der Waals surface area contributed by atoms with Gasteiger partial charge < -0.3 is 4.74 Å². The van der Waals surface area contributed by atoms with Crippen molar-refractivity contribution < 1.29 is 4.74 Å². The second-order valence-electron chi connectivity index (χ2n) is 4.77. The van der Waals surface area contributed by atoms with Gasteiger partial charge in [0.25, 0.3) is 0 Å². The van der Waals surface area contributed by atoms with Crippen molar-refractivity contribution in [1.29, 1.82) is 0 Å². The van der Waals surface area contributed by atoms with E-state index in [0.29, 0.717) is 5.92 Å². The molecular formula is C14H12O. The van der Waals surface area contributed by atoms with E-state index >= 15 is 0 Å². The second-order valence-corrected chi connectivity index (χ2v) is 4.77. The van der Waals surface area contributed by atoms with Crippen molar-refractivity contribution in [2.45, 2.75) is 18.8 Å². The van der Waals surface area contributed by atoms with Crippen LogP contribution in [0, 0.1) is 5.92 Å². The van der Waals surface area contributed by atoms with Crippen LogP contribution in [0.4, 0.5) is 0 Å². The van der Waals surface area contributed by atoms with Crippen molar-refractivity contribution in [3.63, 3.8) is 0 Å². The van der Waals surface area contributed by atoms with E-state index in [-0.39, 0.29) is 5.41 Å². The van der Waals surface area contributed by atoms with E-state index in [4.69, 9.17) is 4.74 Å². The number of hydrogen-bond donors (Lipinski definition) is 0. The summed E-state index contributed by atoms with van der Waals surface area (Å²) in [6.07, 6.45) is 5.59. The number of ether oxygens (including phenoxy) is 1. The summed E-state index contributed by atoms with van der Waals surface area (Å²) >= 11 is 0. The van der Waals surface area contributed by atoms with Crippen LogP contribution in [0.3, 0.4) is 0 Å². The normalized spacial score (nSPS) is 34.3. The Balaban J connectivity index is 1.98. The van der Waals surface area contributed by atoms with Gasteiger partial charge in [-0.1, -0.05) is 29.8 Å². The fourth-order valence-corrected chi connectivity index (χ4v) is 3.16. The summed E-state index contributed by atoms with van der Waals surface area (Å²) in [7, 11) is 0. The number of benzene rings is 1. The molecular weight excluding hydrogens is 184 g/mol. The maximum Gasteiger partial charge on any atom is 0.131 e. The predicted molar refractivity (Wildman–Crippen MR) is 58.7 cm³/mol. The monoisotopic (exact) mass is 196 g/mol. The molecule has 1 aromatic rings. The van der Waals surface area contributed by atoms with Crippen LogP contribution in [0.25, 0.3) is 0 Å². The van der Waals surface area contributed by atoms with Crippen LogP contribution in [0.15, 0.2) is 47.7 Å². The van der Waals surface area contributed by atoms with Crippen LogP contribution >= 0.6 is 0 Å². The topological polar surface area (TPSA) is 9.23 Å². The summed E-state index contributed by atoms with van der Waals surface area (Å²) in [6.45, 7) is 2.23. The van der Waals surface area contributed by atoms with Crippen LogP contribution in [0.2, 0.25) is 0 Å². The van der Waals surface area contributed by atoms with Gasteiger partial charge in [0.15, 0.2) is 0 Å². The Morgan fingerprint density at radius 2 is 2.13 bits per heavy atom. The fraction of sp³-hybridized carbons (Fsp3) is 0.286.